The number of nitrogens with one attached hydrogen (secondary N) is 1. The maximum atomic E-state index is 4.35. The molecule has 0 aliphatic heterocycles. The van der Waals surface area contributed by atoms with Gasteiger partial charge in [-0.2, -0.15) is 0 Å². The number of aromatic amines is 1. The van der Waals surface area contributed by atoms with Crippen LogP contribution in [0.3, 0.4) is 0 Å². The van der Waals surface area contributed by atoms with Crippen molar-refractivity contribution in [3.05, 3.63) is 53.1 Å². The summed E-state index contributed by atoms with van der Waals surface area (Å²) in [7, 11) is 0. The van der Waals surface area contributed by atoms with E-state index in [9.17, 15) is 0 Å². The molecular formula is C15H18N2. The Hall–Kier alpha value is -1.57. The lowest BCUT2D eigenvalue weighted by molar-refractivity contribution is 0.977. The van der Waals surface area contributed by atoms with Crippen molar-refractivity contribution in [3.8, 4) is 0 Å². The van der Waals surface area contributed by atoms with Crippen LogP contribution < -0.4 is 0 Å². The van der Waals surface area contributed by atoms with Crippen LogP contribution in [0.25, 0.3) is 0 Å². The Morgan fingerprint density at radius 3 is 2.88 bits per heavy atom. The Labute approximate surface area is 102 Å². The summed E-state index contributed by atoms with van der Waals surface area (Å²) in [5.74, 6) is 0.815. The number of imidazole rings is 1. The molecule has 1 saturated carbocycles. The van der Waals surface area contributed by atoms with Crippen molar-refractivity contribution in [2.45, 2.75) is 38.5 Å². The molecule has 0 amide bonds. The van der Waals surface area contributed by atoms with Crippen molar-refractivity contribution in [1.29, 1.82) is 0 Å². The molecule has 3 rings (SSSR count). The first-order valence-electron chi connectivity index (χ1n) is 6.46. The summed E-state index contributed by atoms with van der Waals surface area (Å²) in [6.45, 7) is 2.24. The molecule has 1 aromatic heterocycles. The lowest BCUT2D eigenvalue weighted by atomic mass is 9.93. The molecule has 1 heterocycles. The maximum Gasteiger partial charge on any atom is 0.0923 e. The standard InChI is InChI=1S/C15H18N2/c1-2-11-4-3-5-14(12-6-7-12)15(11)8-13-9-16-10-17-13/h3-5,9-10,12H,2,6-8H2,1H3,(H,16,17). The zero-order valence-electron chi connectivity index (χ0n) is 10.2. The third kappa shape index (κ3) is 2.12. The van der Waals surface area contributed by atoms with Crippen molar-refractivity contribution in [2.24, 2.45) is 0 Å². The second-order valence-corrected chi connectivity index (χ2v) is 4.85. The van der Waals surface area contributed by atoms with Crippen LogP contribution in [0.5, 0.6) is 0 Å². The molecule has 1 aromatic carbocycles. The van der Waals surface area contributed by atoms with Crippen molar-refractivity contribution < 1.29 is 0 Å². The first-order chi connectivity index (χ1) is 8.38. The summed E-state index contributed by atoms with van der Waals surface area (Å²) in [5, 5.41) is 0. The van der Waals surface area contributed by atoms with Gasteiger partial charge in [-0.3, -0.25) is 0 Å². The first-order valence-corrected chi connectivity index (χ1v) is 6.46. The van der Waals surface area contributed by atoms with Crippen LogP contribution in [0.15, 0.2) is 30.7 Å². The number of H-pyrrole nitrogens is 1. The van der Waals surface area contributed by atoms with Crippen molar-refractivity contribution in [3.63, 3.8) is 0 Å². The van der Waals surface area contributed by atoms with Gasteiger partial charge in [0.05, 0.1) is 12.0 Å². The van der Waals surface area contributed by atoms with Gasteiger partial charge in [-0.1, -0.05) is 25.1 Å². The van der Waals surface area contributed by atoms with Gasteiger partial charge >= 0.3 is 0 Å². The van der Waals surface area contributed by atoms with Gasteiger partial charge in [-0.25, -0.2) is 4.98 Å². The quantitative estimate of drug-likeness (QED) is 0.850. The summed E-state index contributed by atoms with van der Waals surface area (Å²) >= 11 is 0. The highest BCUT2D eigenvalue weighted by molar-refractivity contribution is 5.41. The SMILES string of the molecule is CCc1cccc(C2CC2)c1Cc1c[nH]cn1. The zero-order chi connectivity index (χ0) is 11.7. The van der Waals surface area contributed by atoms with Gasteiger partial charge in [0.1, 0.15) is 0 Å². The Balaban J connectivity index is 1.99. The van der Waals surface area contributed by atoms with E-state index in [-0.39, 0.29) is 0 Å². The minimum atomic E-state index is 0.815. The predicted molar refractivity (Wildman–Crippen MR) is 69.2 cm³/mol. The van der Waals surface area contributed by atoms with Crippen LogP contribution >= 0.6 is 0 Å². The number of aromatic nitrogens is 2. The topological polar surface area (TPSA) is 28.7 Å². The number of hydrogen-bond acceptors (Lipinski definition) is 1. The van der Waals surface area contributed by atoms with E-state index in [1.807, 2.05) is 6.20 Å². The summed E-state index contributed by atoms with van der Waals surface area (Å²) in [6.07, 6.45) is 8.57. The fourth-order valence-electron chi connectivity index (χ4n) is 2.55. The highest BCUT2D eigenvalue weighted by Crippen LogP contribution is 2.42. The van der Waals surface area contributed by atoms with Gasteiger partial charge < -0.3 is 4.98 Å². The highest BCUT2D eigenvalue weighted by Gasteiger charge is 2.26. The highest BCUT2D eigenvalue weighted by atomic mass is 14.9. The molecule has 1 fully saturated rings. The Bertz CT molecular complexity index is 496. The van der Waals surface area contributed by atoms with Crippen LogP contribution in [-0.4, -0.2) is 9.97 Å². The minimum Gasteiger partial charge on any atom is -0.351 e. The molecule has 0 bridgehead atoms. The van der Waals surface area contributed by atoms with Gasteiger partial charge in [-0.05, 0) is 41.9 Å². The van der Waals surface area contributed by atoms with E-state index in [2.05, 4.69) is 35.1 Å². The monoisotopic (exact) mass is 226 g/mol. The summed E-state index contributed by atoms with van der Waals surface area (Å²) in [5.41, 5.74) is 5.71. The number of aryl methyl sites for hydroxylation is 1. The van der Waals surface area contributed by atoms with Crippen molar-refractivity contribution in [1.82, 2.24) is 9.97 Å². The molecule has 0 unspecified atom stereocenters. The zero-order valence-corrected chi connectivity index (χ0v) is 10.2. The van der Waals surface area contributed by atoms with Crippen LogP contribution in [0.4, 0.5) is 0 Å². The van der Waals surface area contributed by atoms with Crippen LogP contribution in [0.2, 0.25) is 0 Å². The average molecular weight is 226 g/mol. The van der Waals surface area contributed by atoms with Crippen molar-refractivity contribution in [2.75, 3.05) is 0 Å². The Morgan fingerprint density at radius 1 is 1.35 bits per heavy atom. The Kier molecular flexibility index (Phi) is 2.71. The molecule has 2 heteroatoms. The minimum absolute atomic E-state index is 0.815. The van der Waals surface area contributed by atoms with E-state index < -0.39 is 0 Å². The van der Waals surface area contributed by atoms with E-state index in [1.54, 1.807) is 11.9 Å². The average Bonchev–Trinajstić information content (AvgIpc) is 3.08. The molecule has 0 spiro atoms. The smallest absolute Gasteiger partial charge is 0.0923 e. The summed E-state index contributed by atoms with van der Waals surface area (Å²) in [6, 6.07) is 6.77. The molecule has 17 heavy (non-hydrogen) atoms. The van der Waals surface area contributed by atoms with Crippen LogP contribution in [0, 0.1) is 0 Å². The Morgan fingerprint density at radius 2 is 2.24 bits per heavy atom. The fraction of sp³-hybridized carbons (Fsp3) is 0.400. The van der Waals surface area contributed by atoms with Crippen LogP contribution in [-0.2, 0) is 12.8 Å². The molecule has 0 atom stereocenters. The molecular weight excluding hydrogens is 208 g/mol. The van der Waals surface area contributed by atoms with E-state index in [0.29, 0.717) is 0 Å². The number of benzene rings is 1. The molecule has 88 valence electrons. The number of nitrogens with zero attached hydrogens (tertiary/aromatic N) is 1. The number of hydrogen-bond donors (Lipinski definition) is 1. The van der Waals surface area contributed by atoms with Crippen LogP contribution in [0.1, 0.15) is 48.1 Å². The molecule has 1 aliphatic carbocycles. The fourth-order valence-corrected chi connectivity index (χ4v) is 2.55. The van der Waals surface area contributed by atoms with Gasteiger partial charge in [0.2, 0.25) is 0 Å². The van der Waals surface area contributed by atoms with E-state index in [4.69, 9.17) is 0 Å². The molecule has 0 radical (unpaired) electrons. The second kappa shape index (κ2) is 4.36. The summed E-state index contributed by atoms with van der Waals surface area (Å²) < 4.78 is 0. The van der Waals surface area contributed by atoms with Gasteiger partial charge in [0, 0.05) is 12.6 Å². The first kappa shape index (κ1) is 10.6. The third-order valence-electron chi connectivity index (χ3n) is 3.62. The largest absolute Gasteiger partial charge is 0.351 e. The van der Waals surface area contributed by atoms with E-state index >= 15 is 0 Å². The van der Waals surface area contributed by atoms with E-state index in [1.165, 1.54) is 24.0 Å². The van der Waals surface area contributed by atoms with Crippen molar-refractivity contribution >= 4 is 0 Å². The maximum absolute atomic E-state index is 4.35. The normalized spacial score (nSPS) is 15.1. The van der Waals surface area contributed by atoms with Gasteiger partial charge in [-0.15, -0.1) is 0 Å². The third-order valence-corrected chi connectivity index (χ3v) is 3.62. The molecule has 2 aromatic rings. The lowest BCUT2D eigenvalue weighted by Crippen LogP contribution is -2.00. The second-order valence-electron chi connectivity index (χ2n) is 4.85. The molecule has 1 aliphatic rings. The van der Waals surface area contributed by atoms with Gasteiger partial charge in [0.25, 0.3) is 0 Å². The molecule has 2 nitrogen and oxygen atoms in total. The molecule has 1 N–H and O–H groups in total. The summed E-state index contributed by atoms with van der Waals surface area (Å²) in [4.78, 5) is 7.39. The predicted octanol–water partition coefficient (Wildman–Crippen LogP) is 3.44. The number of rotatable bonds is 4. The van der Waals surface area contributed by atoms with E-state index in [0.717, 1.165) is 24.5 Å². The van der Waals surface area contributed by atoms with Gasteiger partial charge in [0.15, 0.2) is 0 Å². The molecule has 0 saturated heterocycles. The lowest BCUT2D eigenvalue weighted by Gasteiger charge is -2.12.